The summed E-state index contributed by atoms with van der Waals surface area (Å²) in [6.07, 6.45) is 5.91. The van der Waals surface area contributed by atoms with E-state index in [9.17, 15) is 19.5 Å². The molecule has 0 radical (unpaired) electrons. The van der Waals surface area contributed by atoms with Crippen molar-refractivity contribution in [1.29, 1.82) is 0 Å². The van der Waals surface area contributed by atoms with Crippen molar-refractivity contribution < 1.29 is 29.0 Å². The van der Waals surface area contributed by atoms with Crippen LogP contribution in [-0.2, 0) is 38.6 Å². The first-order valence-electron chi connectivity index (χ1n) is 17.1. The molecule has 3 aromatic rings. The molecule has 4 atom stereocenters. The average molecular weight is 669 g/mol. The molecule has 0 unspecified atom stereocenters. The third-order valence-corrected chi connectivity index (χ3v) is 8.41. The van der Waals surface area contributed by atoms with E-state index in [1.54, 1.807) is 12.2 Å². The summed E-state index contributed by atoms with van der Waals surface area (Å²) in [6.45, 7) is 11.7. The number of nitrogens with one attached hydrogen (secondary N) is 2. The van der Waals surface area contributed by atoms with Crippen molar-refractivity contribution in [3.63, 3.8) is 0 Å². The summed E-state index contributed by atoms with van der Waals surface area (Å²) < 4.78 is 11.6. The number of hydrogen-bond acceptors (Lipinski definition) is 6. The van der Waals surface area contributed by atoms with E-state index >= 15 is 0 Å². The summed E-state index contributed by atoms with van der Waals surface area (Å²) in [5, 5.41) is 15.9. The number of carbonyl (C=O) groups is 3. The van der Waals surface area contributed by atoms with E-state index in [4.69, 9.17) is 9.47 Å². The summed E-state index contributed by atoms with van der Waals surface area (Å²) in [5.41, 5.74) is 3.05. The maximum absolute atomic E-state index is 13.4. The van der Waals surface area contributed by atoms with E-state index in [-0.39, 0.29) is 49.3 Å². The van der Waals surface area contributed by atoms with E-state index in [0.717, 1.165) is 22.4 Å². The maximum atomic E-state index is 13.4. The molecule has 8 nitrogen and oxygen atoms in total. The van der Waals surface area contributed by atoms with Gasteiger partial charge < -0.3 is 25.2 Å². The Morgan fingerprint density at radius 3 is 2.02 bits per heavy atom. The number of esters is 1. The summed E-state index contributed by atoms with van der Waals surface area (Å²) >= 11 is 0. The zero-order valence-electron chi connectivity index (χ0n) is 28.9. The topological polar surface area (TPSA) is 114 Å². The summed E-state index contributed by atoms with van der Waals surface area (Å²) in [4.78, 5) is 39.6. The molecule has 3 aromatic carbocycles. The van der Waals surface area contributed by atoms with E-state index in [1.807, 2.05) is 98.8 Å². The van der Waals surface area contributed by atoms with Gasteiger partial charge >= 0.3 is 5.97 Å². The van der Waals surface area contributed by atoms with Crippen molar-refractivity contribution in [3.05, 3.63) is 127 Å². The third kappa shape index (κ3) is 14.1. The molecule has 0 spiro atoms. The van der Waals surface area contributed by atoms with Crippen LogP contribution in [0.2, 0.25) is 0 Å². The van der Waals surface area contributed by atoms with Crippen LogP contribution in [0.4, 0.5) is 0 Å². The molecule has 2 amide bonds. The maximum Gasteiger partial charge on any atom is 0.309 e. The van der Waals surface area contributed by atoms with Crippen molar-refractivity contribution in [3.8, 4) is 5.75 Å². The first-order chi connectivity index (χ1) is 23.7. The fourth-order valence-electron chi connectivity index (χ4n) is 5.42. The van der Waals surface area contributed by atoms with Crippen LogP contribution in [0.1, 0.15) is 56.2 Å². The van der Waals surface area contributed by atoms with Crippen molar-refractivity contribution >= 4 is 17.8 Å². The van der Waals surface area contributed by atoms with Crippen molar-refractivity contribution in [2.75, 3.05) is 13.2 Å². The molecule has 262 valence electrons. The molecule has 0 aliphatic carbocycles. The highest BCUT2D eigenvalue weighted by Crippen LogP contribution is 2.19. The van der Waals surface area contributed by atoms with Gasteiger partial charge in [0.2, 0.25) is 11.8 Å². The number of benzene rings is 3. The number of rotatable bonds is 22. The number of amides is 2. The molecule has 3 N–H and O–H groups in total. The van der Waals surface area contributed by atoms with Crippen LogP contribution in [-0.4, -0.2) is 48.2 Å². The van der Waals surface area contributed by atoms with E-state index < -0.39 is 18.0 Å². The fraction of sp³-hybridized carbons (Fsp3) is 0.390. The number of aliphatic hydroxyl groups is 1. The second kappa shape index (κ2) is 21.3. The third-order valence-electron chi connectivity index (χ3n) is 8.41. The van der Waals surface area contributed by atoms with E-state index in [0.29, 0.717) is 38.7 Å². The van der Waals surface area contributed by atoms with Gasteiger partial charge in [-0.15, -0.1) is 13.2 Å². The first-order valence-corrected chi connectivity index (χ1v) is 17.1. The highest BCUT2D eigenvalue weighted by molar-refractivity contribution is 5.86. The predicted octanol–water partition coefficient (Wildman–Crippen LogP) is 6.38. The molecule has 0 bridgehead atoms. The molecule has 0 aromatic heterocycles. The Kier molecular flexibility index (Phi) is 16.9. The standard InChI is InChI=1S/C41H52N2O6/c1-5-7-19-35(24-31-15-10-8-11-16-31)41(47)49-29-38(30(3)4)43-40(46)34(14-6-2)26-39(45)42-36(27-44)25-32-20-22-37(23-21-32)48-28-33-17-12-9-13-18-33/h5-6,8-13,15-18,20-23,30,34-36,38,44H,1-2,7,14,19,24-29H2,3-4H3,(H,42,45)(H,43,46)/t34-,35-,36+,38-/m1/s1. The van der Waals surface area contributed by atoms with Crippen LogP contribution in [0, 0.1) is 17.8 Å². The van der Waals surface area contributed by atoms with Crippen molar-refractivity contribution in [1.82, 2.24) is 10.6 Å². The molecule has 49 heavy (non-hydrogen) atoms. The van der Waals surface area contributed by atoms with Gasteiger partial charge in [0, 0.05) is 6.42 Å². The minimum Gasteiger partial charge on any atom is -0.489 e. The minimum atomic E-state index is -0.673. The van der Waals surface area contributed by atoms with Crippen LogP contribution >= 0.6 is 0 Å². The number of carbonyl (C=O) groups excluding carboxylic acids is 3. The van der Waals surface area contributed by atoms with Gasteiger partial charge in [0.05, 0.1) is 30.5 Å². The molecule has 3 rings (SSSR count). The van der Waals surface area contributed by atoms with Gasteiger partial charge in [0.15, 0.2) is 0 Å². The quantitative estimate of drug-likeness (QED) is 0.0847. The molecule has 0 heterocycles. The van der Waals surface area contributed by atoms with Gasteiger partial charge in [-0.05, 0) is 66.8 Å². The second-order valence-electron chi connectivity index (χ2n) is 12.7. The Balaban J connectivity index is 1.52. The van der Waals surface area contributed by atoms with Gasteiger partial charge in [0.25, 0.3) is 0 Å². The second-order valence-corrected chi connectivity index (χ2v) is 12.7. The lowest BCUT2D eigenvalue weighted by Gasteiger charge is -2.26. The van der Waals surface area contributed by atoms with Gasteiger partial charge in [-0.25, -0.2) is 0 Å². The lowest BCUT2D eigenvalue weighted by molar-refractivity contribution is -0.150. The molecule has 0 aliphatic rings. The van der Waals surface area contributed by atoms with Gasteiger partial charge in [-0.1, -0.05) is 98.8 Å². The Morgan fingerprint density at radius 2 is 1.43 bits per heavy atom. The Labute approximate surface area is 291 Å². The zero-order chi connectivity index (χ0) is 35.4. The average Bonchev–Trinajstić information content (AvgIpc) is 3.11. The Bertz CT molecular complexity index is 1440. The van der Waals surface area contributed by atoms with Gasteiger partial charge in [-0.2, -0.15) is 0 Å². The summed E-state index contributed by atoms with van der Waals surface area (Å²) in [7, 11) is 0. The lowest BCUT2D eigenvalue weighted by atomic mass is 9.94. The molecule has 0 fully saturated rings. The van der Waals surface area contributed by atoms with Crippen LogP contribution in [0.15, 0.2) is 110 Å². The number of allylic oxidation sites excluding steroid dienone is 2. The van der Waals surface area contributed by atoms with Crippen LogP contribution in [0.3, 0.4) is 0 Å². The molecule has 8 heteroatoms. The van der Waals surface area contributed by atoms with Crippen LogP contribution in [0.25, 0.3) is 0 Å². The number of ether oxygens (including phenoxy) is 2. The molecule has 0 aliphatic heterocycles. The van der Waals surface area contributed by atoms with Crippen molar-refractivity contribution in [2.45, 2.75) is 71.1 Å². The van der Waals surface area contributed by atoms with Gasteiger partial charge in [0.1, 0.15) is 19.0 Å². The van der Waals surface area contributed by atoms with Crippen LogP contribution < -0.4 is 15.4 Å². The highest BCUT2D eigenvalue weighted by atomic mass is 16.5. The summed E-state index contributed by atoms with van der Waals surface area (Å²) in [5.74, 6) is -1.27. The summed E-state index contributed by atoms with van der Waals surface area (Å²) in [6, 6.07) is 26.3. The smallest absolute Gasteiger partial charge is 0.309 e. The Hall–Kier alpha value is -4.69. The normalized spacial score (nSPS) is 13.4. The van der Waals surface area contributed by atoms with E-state index in [1.165, 1.54) is 0 Å². The predicted molar refractivity (Wildman–Crippen MR) is 194 cm³/mol. The fourth-order valence-corrected chi connectivity index (χ4v) is 5.42. The van der Waals surface area contributed by atoms with Crippen LogP contribution in [0.5, 0.6) is 5.75 Å². The van der Waals surface area contributed by atoms with E-state index in [2.05, 4.69) is 23.8 Å². The number of hydrogen-bond donors (Lipinski definition) is 3. The monoisotopic (exact) mass is 668 g/mol. The minimum absolute atomic E-state index is 0.0235. The zero-order valence-corrected chi connectivity index (χ0v) is 28.9. The SMILES string of the molecule is C=CCC[C@H](Cc1ccccc1)C(=O)OC[C@@H](NC(=O)[C@H](CC=C)CC(=O)N[C@H](CO)Cc1ccc(OCc2ccccc2)cc1)C(C)C. The highest BCUT2D eigenvalue weighted by Gasteiger charge is 2.27. The Morgan fingerprint density at radius 1 is 0.796 bits per heavy atom. The van der Waals surface area contributed by atoms with Crippen molar-refractivity contribution in [2.24, 2.45) is 17.8 Å². The molecule has 0 saturated heterocycles. The largest absolute Gasteiger partial charge is 0.489 e. The lowest BCUT2D eigenvalue weighted by Crippen LogP contribution is -2.47. The molecule has 0 saturated carbocycles. The molecular weight excluding hydrogens is 616 g/mol. The molecular formula is C41H52N2O6. The first kappa shape index (κ1) is 38.8. The van der Waals surface area contributed by atoms with Gasteiger partial charge in [-0.3, -0.25) is 14.4 Å². The number of aliphatic hydroxyl groups excluding tert-OH is 1.